The van der Waals surface area contributed by atoms with Gasteiger partial charge in [0.1, 0.15) is 0 Å². The SMILES string of the molecule is CC.F[B-](F)(F)c1ccccc1. The quantitative estimate of drug-likeness (QED) is 0.575. The summed E-state index contributed by atoms with van der Waals surface area (Å²) in [6.07, 6.45) is 0. The van der Waals surface area contributed by atoms with Crippen LogP contribution >= 0.6 is 0 Å². The van der Waals surface area contributed by atoms with Gasteiger partial charge in [-0.25, -0.2) is 0 Å². The molecule has 12 heavy (non-hydrogen) atoms. The predicted molar refractivity (Wildman–Crippen MR) is 46.5 cm³/mol. The fourth-order valence-corrected chi connectivity index (χ4v) is 0.671. The third-order valence-electron chi connectivity index (χ3n) is 1.18. The minimum Gasteiger partial charge on any atom is -0.445 e. The topological polar surface area (TPSA) is 0 Å². The van der Waals surface area contributed by atoms with Gasteiger partial charge in [0.2, 0.25) is 0 Å². The van der Waals surface area contributed by atoms with Crippen LogP contribution in [0.25, 0.3) is 0 Å². The molecule has 0 amide bonds. The lowest BCUT2D eigenvalue weighted by Crippen LogP contribution is -2.33. The van der Waals surface area contributed by atoms with E-state index in [9.17, 15) is 12.9 Å². The second-order valence-electron chi connectivity index (χ2n) is 1.99. The predicted octanol–water partition coefficient (Wildman–Crippen LogP) is 2.77. The number of benzene rings is 1. The van der Waals surface area contributed by atoms with E-state index in [1.807, 2.05) is 13.8 Å². The first-order valence-corrected chi connectivity index (χ1v) is 3.85. The Balaban J connectivity index is 0.000000561. The van der Waals surface area contributed by atoms with Crippen LogP contribution in [0.1, 0.15) is 13.8 Å². The molecule has 0 aliphatic carbocycles. The summed E-state index contributed by atoms with van der Waals surface area (Å²) in [5.74, 6) is 0. The maximum absolute atomic E-state index is 11.9. The van der Waals surface area contributed by atoms with E-state index in [4.69, 9.17) is 0 Å². The standard InChI is InChI=1S/C6H5BF3.C2H6/c8-7(9,10)6-4-2-1-3-5-6;1-2/h1-5H;1-2H3/q-1;. The number of hydrogen-bond acceptors (Lipinski definition) is 0. The molecule has 0 fully saturated rings. The van der Waals surface area contributed by atoms with Gasteiger partial charge in [0.25, 0.3) is 0 Å². The smallest absolute Gasteiger partial charge is 0.445 e. The molecule has 4 heteroatoms. The normalized spacial score (nSPS) is 10.1. The van der Waals surface area contributed by atoms with Crippen LogP contribution in [0, 0.1) is 0 Å². The highest BCUT2D eigenvalue weighted by atomic mass is 19.4. The zero-order valence-corrected chi connectivity index (χ0v) is 7.10. The van der Waals surface area contributed by atoms with Crippen molar-refractivity contribution in [3.05, 3.63) is 30.3 Å². The maximum atomic E-state index is 11.9. The molecule has 1 aromatic carbocycles. The van der Waals surface area contributed by atoms with Crippen LogP contribution in [-0.2, 0) is 0 Å². The van der Waals surface area contributed by atoms with Gasteiger partial charge in [-0.3, -0.25) is 0 Å². The molecule has 0 saturated heterocycles. The monoisotopic (exact) mass is 175 g/mol. The van der Waals surface area contributed by atoms with Gasteiger partial charge in [-0.05, 0) is 0 Å². The van der Waals surface area contributed by atoms with Crippen molar-refractivity contribution < 1.29 is 12.9 Å². The van der Waals surface area contributed by atoms with Crippen molar-refractivity contribution in [3.8, 4) is 0 Å². The molecule has 0 saturated carbocycles. The third kappa shape index (κ3) is 3.46. The molecule has 0 nitrogen and oxygen atoms in total. The summed E-state index contributed by atoms with van der Waals surface area (Å²) in [7, 11) is 0. The van der Waals surface area contributed by atoms with Crippen LogP contribution in [-0.4, -0.2) is 6.98 Å². The molecule has 0 radical (unpaired) electrons. The Morgan fingerprint density at radius 1 is 0.917 bits per heavy atom. The Morgan fingerprint density at radius 2 is 1.33 bits per heavy atom. The summed E-state index contributed by atoms with van der Waals surface area (Å²) >= 11 is 0. The molecular weight excluding hydrogens is 164 g/mol. The Hall–Kier alpha value is -0.925. The minimum atomic E-state index is -4.80. The summed E-state index contributed by atoms with van der Waals surface area (Å²) < 4.78 is 35.6. The molecule has 0 bridgehead atoms. The highest BCUT2D eigenvalue weighted by molar-refractivity contribution is 6.73. The Kier molecular flexibility index (Phi) is 4.48. The van der Waals surface area contributed by atoms with Crippen LogP contribution in [0.5, 0.6) is 0 Å². The van der Waals surface area contributed by atoms with Crippen molar-refractivity contribution in [2.75, 3.05) is 0 Å². The third-order valence-corrected chi connectivity index (χ3v) is 1.18. The van der Waals surface area contributed by atoms with E-state index in [-0.39, 0.29) is 0 Å². The van der Waals surface area contributed by atoms with Crippen molar-refractivity contribution in [1.82, 2.24) is 0 Å². The lowest BCUT2D eigenvalue weighted by Gasteiger charge is -2.13. The van der Waals surface area contributed by atoms with Gasteiger partial charge >= 0.3 is 6.98 Å². The lowest BCUT2D eigenvalue weighted by molar-refractivity contribution is 0.501. The Labute approximate surface area is 70.5 Å². The van der Waals surface area contributed by atoms with Crippen LogP contribution in [0.15, 0.2) is 30.3 Å². The summed E-state index contributed by atoms with van der Waals surface area (Å²) in [4.78, 5) is 0. The summed E-state index contributed by atoms with van der Waals surface area (Å²) in [5.41, 5.74) is -0.539. The second kappa shape index (κ2) is 4.85. The second-order valence-corrected chi connectivity index (χ2v) is 1.99. The molecule has 0 N–H and O–H groups in total. The number of rotatable bonds is 1. The summed E-state index contributed by atoms with van der Waals surface area (Å²) in [6, 6.07) is 6.46. The van der Waals surface area contributed by atoms with E-state index in [2.05, 4.69) is 0 Å². The first-order chi connectivity index (χ1) is 5.61. The largest absolute Gasteiger partial charge is 0.509 e. The first kappa shape index (κ1) is 11.1. The number of halogens is 3. The Bertz CT molecular complexity index is 205. The van der Waals surface area contributed by atoms with Gasteiger partial charge in [-0.2, -0.15) is 0 Å². The van der Waals surface area contributed by atoms with Crippen molar-refractivity contribution in [1.29, 1.82) is 0 Å². The van der Waals surface area contributed by atoms with Gasteiger partial charge in [-0.15, -0.1) is 5.46 Å². The van der Waals surface area contributed by atoms with Gasteiger partial charge in [-0.1, -0.05) is 44.2 Å². The van der Waals surface area contributed by atoms with Gasteiger partial charge in [0, 0.05) is 0 Å². The number of hydrogen-bond donors (Lipinski definition) is 0. The first-order valence-electron chi connectivity index (χ1n) is 3.85. The molecule has 0 aromatic heterocycles. The average molecular weight is 175 g/mol. The molecule has 68 valence electrons. The van der Waals surface area contributed by atoms with Gasteiger partial charge in [0.05, 0.1) is 0 Å². The summed E-state index contributed by atoms with van der Waals surface area (Å²) in [5, 5.41) is 0. The molecule has 1 rings (SSSR count). The molecular formula is C8H11BF3-. The van der Waals surface area contributed by atoms with E-state index in [0.717, 1.165) is 12.1 Å². The van der Waals surface area contributed by atoms with Crippen LogP contribution in [0.3, 0.4) is 0 Å². The molecule has 0 heterocycles. The van der Waals surface area contributed by atoms with E-state index in [0.29, 0.717) is 0 Å². The van der Waals surface area contributed by atoms with Crippen molar-refractivity contribution in [2.24, 2.45) is 0 Å². The average Bonchev–Trinajstić information content (AvgIpc) is 2.08. The fourth-order valence-electron chi connectivity index (χ4n) is 0.671. The van der Waals surface area contributed by atoms with Crippen molar-refractivity contribution >= 4 is 12.4 Å². The minimum absolute atomic E-state index is 0.539. The molecule has 0 aliphatic heterocycles. The molecule has 0 spiro atoms. The van der Waals surface area contributed by atoms with E-state index in [1.54, 1.807) is 6.07 Å². The maximum Gasteiger partial charge on any atom is 0.509 e. The summed E-state index contributed by atoms with van der Waals surface area (Å²) in [6.45, 7) is -0.804. The fraction of sp³-hybridized carbons (Fsp3) is 0.250. The van der Waals surface area contributed by atoms with Gasteiger partial charge < -0.3 is 12.9 Å². The lowest BCUT2D eigenvalue weighted by atomic mass is 9.80. The van der Waals surface area contributed by atoms with Crippen molar-refractivity contribution in [2.45, 2.75) is 13.8 Å². The van der Waals surface area contributed by atoms with Gasteiger partial charge in [0.15, 0.2) is 0 Å². The van der Waals surface area contributed by atoms with Crippen LogP contribution in [0.2, 0.25) is 0 Å². The van der Waals surface area contributed by atoms with E-state index >= 15 is 0 Å². The molecule has 0 aliphatic rings. The zero-order chi connectivity index (χ0) is 9.61. The molecule has 0 atom stereocenters. The highest BCUT2D eigenvalue weighted by Crippen LogP contribution is 2.07. The van der Waals surface area contributed by atoms with E-state index < -0.39 is 12.4 Å². The van der Waals surface area contributed by atoms with E-state index in [1.165, 1.54) is 12.1 Å². The highest BCUT2D eigenvalue weighted by Gasteiger charge is 2.24. The Morgan fingerprint density at radius 3 is 1.58 bits per heavy atom. The van der Waals surface area contributed by atoms with Crippen molar-refractivity contribution in [3.63, 3.8) is 0 Å². The molecule has 1 aromatic rings. The zero-order valence-electron chi connectivity index (χ0n) is 7.10. The van der Waals surface area contributed by atoms with Crippen LogP contribution < -0.4 is 5.46 Å². The molecule has 0 unspecified atom stereocenters. The van der Waals surface area contributed by atoms with Crippen LogP contribution in [0.4, 0.5) is 12.9 Å².